The number of carbonyl (C=O) groups is 2. The van der Waals surface area contributed by atoms with Crippen molar-refractivity contribution in [1.82, 2.24) is 0 Å². The van der Waals surface area contributed by atoms with Gasteiger partial charge in [0.1, 0.15) is 5.57 Å². The van der Waals surface area contributed by atoms with Crippen LogP contribution in [0, 0.1) is 0 Å². The molecule has 44 heavy (non-hydrogen) atoms. The van der Waals surface area contributed by atoms with Gasteiger partial charge in [0.25, 0.3) is 0 Å². The number of para-hydroxylation sites is 1. The molecule has 0 saturated carbocycles. The number of aromatic nitrogens is 1. The minimum Gasteiger partial charge on any atom is -0.465 e. The van der Waals surface area contributed by atoms with Crippen LogP contribution >= 0.6 is 34.8 Å². The zero-order valence-corrected chi connectivity index (χ0v) is 26.0. The number of rotatable bonds is 6. The predicted molar refractivity (Wildman–Crippen MR) is 176 cm³/mol. The first-order chi connectivity index (χ1) is 21.3. The summed E-state index contributed by atoms with van der Waals surface area (Å²) in [6.07, 6.45) is 5.64. The molecule has 1 aliphatic rings. The molecule has 0 saturated heterocycles. The van der Waals surface area contributed by atoms with Crippen molar-refractivity contribution in [1.29, 1.82) is 0 Å². The van der Waals surface area contributed by atoms with Crippen molar-refractivity contribution in [2.24, 2.45) is 0 Å². The Morgan fingerprint density at radius 2 is 1.30 bits per heavy atom. The normalized spacial score (nSPS) is 13.0. The summed E-state index contributed by atoms with van der Waals surface area (Å²) in [7, 11) is 2.57. The lowest BCUT2D eigenvalue weighted by Gasteiger charge is -2.18. The Morgan fingerprint density at radius 3 is 1.93 bits per heavy atom. The van der Waals surface area contributed by atoms with E-state index in [0.29, 0.717) is 20.6 Å². The number of hydrogen-bond acceptors (Lipinski definition) is 4. The first-order valence-corrected chi connectivity index (χ1v) is 14.8. The third-order valence-corrected chi connectivity index (χ3v) is 8.55. The molecule has 6 rings (SSSR count). The summed E-state index contributed by atoms with van der Waals surface area (Å²) in [4.78, 5) is 27.6. The van der Waals surface area contributed by atoms with Gasteiger partial charge in [-0.3, -0.25) is 0 Å². The van der Waals surface area contributed by atoms with Crippen LogP contribution in [-0.2, 0) is 19.1 Å². The predicted octanol–water partition coefficient (Wildman–Crippen LogP) is 8.63. The van der Waals surface area contributed by atoms with Crippen molar-refractivity contribution in [2.75, 3.05) is 14.2 Å². The van der Waals surface area contributed by atoms with Crippen LogP contribution in [0.4, 0.5) is 0 Å². The number of ether oxygens (including phenoxy) is 2. The van der Waals surface area contributed by atoms with Crippen LogP contribution in [0.3, 0.4) is 0 Å². The van der Waals surface area contributed by atoms with Crippen molar-refractivity contribution in [3.8, 4) is 11.1 Å². The largest absolute Gasteiger partial charge is 0.465 e. The maximum atomic E-state index is 13.8. The fraction of sp³-hybridized carbons (Fsp3) is 0.0833. The van der Waals surface area contributed by atoms with Crippen LogP contribution in [-0.4, -0.2) is 26.2 Å². The summed E-state index contributed by atoms with van der Waals surface area (Å²) in [5.41, 5.74) is 5.80. The van der Waals surface area contributed by atoms with Gasteiger partial charge in [-0.15, -0.1) is 0 Å². The number of hydrogen-bond donors (Lipinski definition) is 0. The van der Waals surface area contributed by atoms with Crippen LogP contribution < -0.4 is 4.57 Å². The average molecular weight is 642 g/mol. The van der Waals surface area contributed by atoms with Crippen molar-refractivity contribution in [3.63, 3.8) is 0 Å². The molecule has 5 aromatic rings. The zero-order chi connectivity index (χ0) is 31.0. The summed E-state index contributed by atoms with van der Waals surface area (Å²) in [5, 5.41) is 2.45. The average Bonchev–Trinajstić information content (AvgIpc) is 3.34. The maximum Gasteiger partial charge on any atom is 0.404 e. The second kappa shape index (κ2) is 12.3. The Balaban J connectivity index is 1.64. The lowest BCUT2D eigenvalue weighted by atomic mass is 9.87. The quantitative estimate of drug-likeness (QED) is 0.106. The van der Waals surface area contributed by atoms with Crippen molar-refractivity contribution >= 4 is 75.5 Å². The Bertz CT molecular complexity index is 1980. The number of esters is 2. The van der Waals surface area contributed by atoms with Gasteiger partial charge in [0.2, 0.25) is 5.52 Å². The van der Waals surface area contributed by atoms with Gasteiger partial charge in [-0.25, -0.2) is 9.59 Å². The molecule has 0 bridgehead atoms. The van der Waals surface area contributed by atoms with E-state index in [2.05, 4.69) is 0 Å². The monoisotopic (exact) mass is 640 g/mol. The molecule has 5 nitrogen and oxygen atoms in total. The molecule has 1 heterocycles. The summed E-state index contributed by atoms with van der Waals surface area (Å²) < 4.78 is 12.3. The molecule has 0 spiro atoms. The van der Waals surface area contributed by atoms with Crippen molar-refractivity contribution in [3.05, 3.63) is 140 Å². The Morgan fingerprint density at radius 1 is 0.705 bits per heavy atom. The van der Waals surface area contributed by atoms with Crippen LogP contribution in [0.5, 0.6) is 0 Å². The summed E-state index contributed by atoms with van der Waals surface area (Å²) in [6, 6.07) is 28.0. The van der Waals surface area contributed by atoms with E-state index >= 15 is 0 Å². The van der Waals surface area contributed by atoms with Crippen LogP contribution in [0.2, 0.25) is 15.1 Å². The van der Waals surface area contributed by atoms with Crippen molar-refractivity contribution in [2.45, 2.75) is 5.92 Å². The van der Waals surface area contributed by atoms with Gasteiger partial charge in [0.15, 0.2) is 6.20 Å². The fourth-order valence-corrected chi connectivity index (χ4v) is 6.35. The van der Waals surface area contributed by atoms with Gasteiger partial charge in [-0.05, 0) is 69.8 Å². The maximum absolute atomic E-state index is 13.8. The van der Waals surface area contributed by atoms with Gasteiger partial charge >= 0.3 is 17.6 Å². The zero-order valence-electron chi connectivity index (χ0n) is 23.7. The van der Waals surface area contributed by atoms with E-state index in [0.717, 1.165) is 38.8 Å². The second-order valence-electron chi connectivity index (χ2n) is 10.2. The Hall–Kier alpha value is -4.42. The van der Waals surface area contributed by atoms with E-state index < -0.39 is 17.9 Å². The smallest absolute Gasteiger partial charge is 0.404 e. The molecule has 4 aromatic carbocycles. The number of fused-ring (bicyclic) bond motifs is 4. The lowest BCUT2D eigenvalue weighted by Crippen LogP contribution is -2.40. The van der Waals surface area contributed by atoms with Gasteiger partial charge in [0.05, 0.1) is 19.6 Å². The number of nitrogens with zero attached hydrogens (tertiary/aromatic N) is 1. The number of methoxy groups -OCH3 is 2. The molecule has 0 radical (unpaired) electrons. The molecule has 0 fully saturated rings. The van der Waals surface area contributed by atoms with Crippen LogP contribution in [0.15, 0.2) is 103 Å². The third kappa shape index (κ3) is 5.28. The van der Waals surface area contributed by atoms with E-state index in [9.17, 15) is 9.59 Å². The van der Waals surface area contributed by atoms with Crippen LogP contribution in [0.1, 0.15) is 28.2 Å². The van der Waals surface area contributed by atoms with Gasteiger partial charge in [0, 0.05) is 33.1 Å². The highest BCUT2D eigenvalue weighted by atomic mass is 35.5. The topological polar surface area (TPSA) is 56.5 Å². The lowest BCUT2D eigenvalue weighted by molar-refractivity contribution is -0.550. The van der Waals surface area contributed by atoms with Crippen LogP contribution in [0.25, 0.3) is 39.9 Å². The second-order valence-corrected chi connectivity index (χ2v) is 11.4. The summed E-state index contributed by atoms with van der Waals surface area (Å²) in [5.74, 6) is -2.11. The van der Waals surface area contributed by atoms with E-state index in [1.165, 1.54) is 14.2 Å². The van der Waals surface area contributed by atoms with E-state index in [4.69, 9.17) is 44.3 Å². The van der Waals surface area contributed by atoms with Gasteiger partial charge < -0.3 is 9.47 Å². The van der Waals surface area contributed by atoms with E-state index in [-0.39, 0.29) is 11.3 Å². The molecule has 1 aliphatic carbocycles. The minimum atomic E-state index is -0.718. The molecule has 218 valence electrons. The van der Waals surface area contributed by atoms with E-state index in [1.807, 2.05) is 78.9 Å². The van der Waals surface area contributed by atoms with Gasteiger partial charge in [-0.1, -0.05) is 89.4 Å². The molecule has 0 atom stereocenters. The number of carbonyl (C=O) groups excluding carboxylic acids is 2. The molecular formula is C36H25Cl3NO4+. The highest BCUT2D eigenvalue weighted by Crippen LogP contribution is 2.50. The molecule has 8 heteroatoms. The number of benzene rings is 4. The highest BCUT2D eigenvalue weighted by Gasteiger charge is 2.43. The molecule has 0 aliphatic heterocycles. The fourth-order valence-electron chi connectivity index (χ4n) is 5.79. The molecule has 0 N–H and O–H groups in total. The van der Waals surface area contributed by atoms with E-state index in [1.54, 1.807) is 35.0 Å². The van der Waals surface area contributed by atoms with Crippen molar-refractivity contribution < 1.29 is 23.6 Å². The molecule has 1 aromatic heterocycles. The number of pyridine rings is 1. The molecule has 0 amide bonds. The minimum absolute atomic E-state index is 0.0148. The number of halogens is 3. The molecule has 0 unspecified atom stereocenters. The standard InChI is InChI=1S/C36H25Cl3NO4/c1-43-35(41)33(32-28-19-23(37)13-15-26(28)27-16-14-24(38)20-29(27)32)34(36(42)44-2)40-18-17-21(25-8-4-6-10-31(25)40)11-12-22-7-3-5-9-30(22)39/h3-20,32H,1-2H3/q+1/b12-11+,34-33-. The molecular weight excluding hydrogens is 617 g/mol. The SMILES string of the molecule is COC(=O)/C(=C(/C(=O)OC)[n+]1ccc(/C=C/c2ccccc2Cl)c2ccccc21)C1c2cc(Cl)ccc2-c2ccc(Cl)cc21. The highest BCUT2D eigenvalue weighted by molar-refractivity contribution is 6.32. The third-order valence-electron chi connectivity index (χ3n) is 7.73. The summed E-state index contributed by atoms with van der Waals surface area (Å²) in [6.45, 7) is 0. The summed E-state index contributed by atoms with van der Waals surface area (Å²) >= 11 is 19.3. The van der Waals surface area contributed by atoms with Gasteiger partial charge in [-0.2, -0.15) is 4.57 Å². The Labute approximate surface area is 269 Å². The first kappa shape index (κ1) is 29.6. The Kier molecular flexibility index (Phi) is 8.28. The first-order valence-electron chi connectivity index (χ1n) is 13.7.